The van der Waals surface area contributed by atoms with Crippen LogP contribution in [0.1, 0.15) is 63.6 Å². The highest BCUT2D eigenvalue weighted by molar-refractivity contribution is 5.98. The second-order valence-electron chi connectivity index (χ2n) is 13.0. The van der Waals surface area contributed by atoms with Crippen LogP contribution in [0, 0.1) is 6.92 Å². The van der Waals surface area contributed by atoms with Gasteiger partial charge in [-0.2, -0.15) is 10.1 Å². The van der Waals surface area contributed by atoms with Gasteiger partial charge in [-0.15, -0.1) is 0 Å². The van der Waals surface area contributed by atoms with Crippen LogP contribution >= 0.6 is 0 Å². The highest BCUT2D eigenvalue weighted by Gasteiger charge is 2.30. The van der Waals surface area contributed by atoms with E-state index in [0.29, 0.717) is 17.9 Å². The van der Waals surface area contributed by atoms with E-state index in [0.717, 1.165) is 96.6 Å². The number of hydrogen-bond acceptors (Lipinski definition) is 9. The first-order valence-electron chi connectivity index (χ1n) is 15.3. The molecule has 3 N–H and O–H groups in total. The Labute approximate surface area is 251 Å². The Morgan fingerprint density at radius 1 is 0.953 bits per heavy atom. The van der Waals surface area contributed by atoms with Gasteiger partial charge in [-0.3, -0.25) is 4.90 Å². The lowest BCUT2D eigenvalue weighted by molar-refractivity contribution is 0.00520. The highest BCUT2D eigenvalue weighted by atomic mass is 16.5. The highest BCUT2D eigenvalue weighted by Crippen LogP contribution is 2.38. The van der Waals surface area contributed by atoms with E-state index in [-0.39, 0.29) is 11.5 Å². The van der Waals surface area contributed by atoms with Crippen molar-refractivity contribution in [3.63, 3.8) is 0 Å². The van der Waals surface area contributed by atoms with E-state index in [1.807, 2.05) is 24.3 Å². The molecule has 5 aromatic rings. The van der Waals surface area contributed by atoms with E-state index in [2.05, 4.69) is 64.7 Å². The maximum Gasteiger partial charge on any atom is 0.300 e. The molecular formula is C33H40N8O2. The zero-order valence-corrected chi connectivity index (χ0v) is 25.4. The molecule has 1 saturated carbocycles. The van der Waals surface area contributed by atoms with E-state index in [4.69, 9.17) is 25.0 Å². The van der Waals surface area contributed by atoms with Crippen LogP contribution in [0.15, 0.2) is 47.1 Å². The number of aryl methyl sites for hydroxylation is 1. The van der Waals surface area contributed by atoms with Crippen LogP contribution in [0.5, 0.6) is 0 Å². The number of nitrogens with zero attached hydrogens (tertiary/aromatic N) is 6. The number of ether oxygens (including phenoxy) is 1. The van der Waals surface area contributed by atoms with Crippen molar-refractivity contribution >= 4 is 39.7 Å². The van der Waals surface area contributed by atoms with Gasteiger partial charge in [-0.05, 0) is 67.3 Å². The predicted molar refractivity (Wildman–Crippen MR) is 170 cm³/mol. The number of hydrogen-bond donors (Lipinski definition) is 2. The van der Waals surface area contributed by atoms with Gasteiger partial charge in [0.05, 0.1) is 24.6 Å². The summed E-state index contributed by atoms with van der Waals surface area (Å²) < 4.78 is 13.7. The van der Waals surface area contributed by atoms with Gasteiger partial charge < -0.3 is 20.2 Å². The number of nitrogens with one attached hydrogen (secondary N) is 1. The zero-order valence-electron chi connectivity index (χ0n) is 25.4. The van der Waals surface area contributed by atoms with Gasteiger partial charge in [0.25, 0.3) is 6.01 Å². The van der Waals surface area contributed by atoms with Crippen LogP contribution in [-0.2, 0) is 10.2 Å². The van der Waals surface area contributed by atoms with Crippen LogP contribution in [-0.4, -0.2) is 62.0 Å². The molecular weight excluding hydrogens is 540 g/mol. The van der Waals surface area contributed by atoms with Crippen molar-refractivity contribution in [3.8, 4) is 11.3 Å². The minimum Gasteiger partial charge on any atom is -0.423 e. The van der Waals surface area contributed by atoms with Crippen LogP contribution in [0.4, 0.5) is 17.5 Å². The third-order valence-electron chi connectivity index (χ3n) is 9.04. The quantitative estimate of drug-likeness (QED) is 0.244. The van der Waals surface area contributed by atoms with Crippen LogP contribution in [0.25, 0.3) is 33.4 Å². The molecule has 2 aromatic carbocycles. The van der Waals surface area contributed by atoms with Crippen molar-refractivity contribution < 1.29 is 9.15 Å². The molecule has 0 unspecified atom stereocenters. The second-order valence-corrected chi connectivity index (χ2v) is 13.0. The molecule has 1 aliphatic heterocycles. The summed E-state index contributed by atoms with van der Waals surface area (Å²) in [5, 5.41) is 9.25. The molecule has 0 spiro atoms. The fraction of sp³-hybridized carbons (Fsp3) is 0.455. The Hall–Kier alpha value is -4.02. The molecule has 0 amide bonds. The molecule has 0 atom stereocenters. The Morgan fingerprint density at radius 2 is 1.67 bits per heavy atom. The van der Waals surface area contributed by atoms with Gasteiger partial charge in [0, 0.05) is 30.4 Å². The lowest BCUT2D eigenvalue weighted by atomic mass is 9.86. The first kappa shape index (κ1) is 27.8. The molecule has 0 bridgehead atoms. The van der Waals surface area contributed by atoms with E-state index in [1.54, 1.807) is 6.33 Å². The first-order valence-corrected chi connectivity index (χ1v) is 15.3. The average molecular weight is 581 g/mol. The number of aromatic nitrogens is 5. The number of oxazole rings is 1. The minimum atomic E-state index is 0.0369. The van der Waals surface area contributed by atoms with Crippen LogP contribution < -0.4 is 11.1 Å². The van der Waals surface area contributed by atoms with Gasteiger partial charge >= 0.3 is 0 Å². The lowest BCUT2D eigenvalue weighted by Crippen LogP contribution is -2.45. The smallest absolute Gasteiger partial charge is 0.300 e. The summed E-state index contributed by atoms with van der Waals surface area (Å²) in [5.74, 6) is 0.451. The number of nitrogens with two attached hydrogens (primary N) is 1. The third kappa shape index (κ3) is 5.34. The molecule has 43 heavy (non-hydrogen) atoms. The number of anilines is 3. The monoisotopic (exact) mass is 580 g/mol. The summed E-state index contributed by atoms with van der Waals surface area (Å²) in [6.07, 6.45) is 5.96. The Balaban J connectivity index is 1.13. The van der Waals surface area contributed by atoms with E-state index in [9.17, 15) is 0 Å². The largest absolute Gasteiger partial charge is 0.423 e. The van der Waals surface area contributed by atoms with Gasteiger partial charge in [0.2, 0.25) is 0 Å². The number of rotatable bonds is 5. The SMILES string of the molecule is Cc1cc(C(C)(C)C)cc2nc(Nc3ccc(-c4nn([C@H]5CC[C@H](N6CCOCC6)CC5)c5ncnc(N)c45)cc3)oc12. The van der Waals surface area contributed by atoms with E-state index < -0.39 is 0 Å². The van der Waals surface area contributed by atoms with Crippen molar-refractivity contribution in [1.29, 1.82) is 0 Å². The molecule has 1 aliphatic carbocycles. The summed E-state index contributed by atoms with van der Waals surface area (Å²) >= 11 is 0. The maximum absolute atomic E-state index is 6.42. The molecule has 3 aromatic heterocycles. The summed E-state index contributed by atoms with van der Waals surface area (Å²) in [7, 11) is 0. The topological polar surface area (TPSA) is 120 Å². The zero-order chi connectivity index (χ0) is 29.7. The Morgan fingerprint density at radius 3 is 2.40 bits per heavy atom. The number of fused-ring (bicyclic) bond motifs is 2. The summed E-state index contributed by atoms with van der Waals surface area (Å²) in [6, 6.07) is 13.8. The molecule has 7 rings (SSSR count). The molecule has 10 heteroatoms. The fourth-order valence-corrected chi connectivity index (χ4v) is 6.58. The number of benzene rings is 2. The third-order valence-corrected chi connectivity index (χ3v) is 9.04. The normalized spacial score (nSPS) is 20.2. The predicted octanol–water partition coefficient (Wildman–Crippen LogP) is 6.38. The molecule has 4 heterocycles. The van der Waals surface area contributed by atoms with E-state index >= 15 is 0 Å². The molecule has 0 radical (unpaired) electrons. The Kier molecular flexibility index (Phi) is 7.05. The molecule has 10 nitrogen and oxygen atoms in total. The standard InChI is InChI=1S/C33H40N8O2/c1-20-17-22(33(2,3)4)18-26-29(20)43-32(38-26)37-23-7-5-21(6-8-23)28-27-30(34)35-19-36-31(27)41(39-28)25-11-9-24(10-12-25)40-13-15-42-16-14-40/h5-8,17-19,24-25H,9-16H2,1-4H3,(H,37,38)(H2,34,35,36)/t24-,25-. The molecule has 2 aliphatic rings. The van der Waals surface area contributed by atoms with Crippen molar-refractivity contribution in [1.82, 2.24) is 29.6 Å². The van der Waals surface area contributed by atoms with Crippen molar-refractivity contribution in [2.75, 3.05) is 37.4 Å². The fourth-order valence-electron chi connectivity index (χ4n) is 6.58. The first-order chi connectivity index (χ1) is 20.7. The van der Waals surface area contributed by atoms with Crippen molar-refractivity contribution in [2.24, 2.45) is 0 Å². The second kappa shape index (κ2) is 10.9. The van der Waals surface area contributed by atoms with Gasteiger partial charge in [0.15, 0.2) is 11.2 Å². The molecule has 2 fully saturated rings. The van der Waals surface area contributed by atoms with Gasteiger partial charge in [-0.1, -0.05) is 39.0 Å². The average Bonchev–Trinajstić information content (AvgIpc) is 3.60. The van der Waals surface area contributed by atoms with Crippen LogP contribution in [0.2, 0.25) is 0 Å². The van der Waals surface area contributed by atoms with Gasteiger partial charge in [-0.25, -0.2) is 14.6 Å². The number of nitrogen functional groups attached to an aromatic ring is 1. The minimum absolute atomic E-state index is 0.0369. The maximum atomic E-state index is 6.42. The summed E-state index contributed by atoms with van der Waals surface area (Å²) in [5.41, 5.74) is 13.9. The summed E-state index contributed by atoms with van der Waals surface area (Å²) in [6.45, 7) is 12.4. The van der Waals surface area contributed by atoms with Crippen molar-refractivity contribution in [2.45, 2.75) is 70.9 Å². The van der Waals surface area contributed by atoms with Crippen molar-refractivity contribution in [3.05, 3.63) is 53.9 Å². The van der Waals surface area contributed by atoms with Gasteiger partial charge in [0.1, 0.15) is 23.4 Å². The Bertz CT molecular complexity index is 1750. The molecule has 1 saturated heterocycles. The lowest BCUT2D eigenvalue weighted by Gasteiger charge is -2.38. The molecule has 224 valence electrons. The number of morpholine rings is 1. The van der Waals surface area contributed by atoms with Crippen LogP contribution in [0.3, 0.4) is 0 Å². The van der Waals surface area contributed by atoms with E-state index in [1.165, 1.54) is 5.56 Å². The summed E-state index contributed by atoms with van der Waals surface area (Å²) in [4.78, 5) is 16.3.